The van der Waals surface area contributed by atoms with Gasteiger partial charge in [0.05, 0.1) is 52.8 Å². The molecule has 0 saturated heterocycles. The number of hydrogen-bond donors (Lipinski definition) is 0. The first kappa shape index (κ1) is 11.1. The Morgan fingerprint density at radius 1 is 1.60 bits per heavy atom. The first-order valence-electron chi connectivity index (χ1n) is 2.01. The summed E-state index contributed by atoms with van der Waals surface area (Å²) in [4.78, 5) is 14.0. The highest BCUT2D eigenvalue weighted by Crippen LogP contribution is 2.13. The van der Waals surface area contributed by atoms with E-state index in [0.29, 0.717) is 3.84 Å². The van der Waals surface area contributed by atoms with Crippen molar-refractivity contribution in [3.8, 4) is 0 Å². The maximum atomic E-state index is 10.5. The fraction of sp³-hybridized carbons (Fsp3) is 0.333. The van der Waals surface area contributed by atoms with E-state index < -0.39 is 6.09 Å². The van der Waals surface area contributed by atoms with E-state index in [1.165, 1.54) is 7.11 Å². The molecule has 58 valence electrons. The van der Waals surface area contributed by atoms with E-state index in [4.69, 9.17) is 0 Å². The van der Waals surface area contributed by atoms with Crippen molar-refractivity contribution in [1.82, 2.24) is 1.33 Å². The largest absolute Gasteiger partial charge is 0.451 e. The Labute approximate surface area is 99.9 Å². The van der Waals surface area contributed by atoms with Gasteiger partial charge in [0, 0.05) is 22.6 Å². The molecule has 0 aromatic rings. The molecule has 0 aromatic carbocycles. The molecule has 0 radical (unpaired) electrons. The zero-order chi connectivity index (χ0) is 8.15. The van der Waals surface area contributed by atoms with Crippen LogP contribution < -0.4 is 0 Å². The van der Waals surface area contributed by atoms with Crippen LogP contribution in [0.3, 0.4) is 0 Å². The van der Waals surface area contributed by atoms with Gasteiger partial charge in [0.1, 0.15) is 0 Å². The number of rotatable bonds is 0. The molecular formula is C3H3I3N2O2. The Hall–Kier alpha value is 1.13. The lowest BCUT2D eigenvalue weighted by atomic mass is 11.1. The van der Waals surface area contributed by atoms with Gasteiger partial charge >= 0.3 is 6.09 Å². The summed E-state index contributed by atoms with van der Waals surface area (Å²) in [6.07, 6.45) is -0.581. The standard InChI is InChI=1S/C3H3I3N2O2/c1-10-3(9)7-2(4)8(5)6/h1H3. The molecule has 0 aliphatic carbocycles. The molecule has 0 unspecified atom stereocenters. The number of methoxy groups -OCH3 is 1. The smallest absolute Gasteiger partial charge is 0.435 e. The summed E-state index contributed by atoms with van der Waals surface area (Å²) in [6, 6.07) is 0. The van der Waals surface area contributed by atoms with Crippen LogP contribution in [0.4, 0.5) is 4.79 Å². The number of amides is 1. The van der Waals surface area contributed by atoms with Gasteiger partial charge in [0.15, 0.2) is 3.84 Å². The summed E-state index contributed by atoms with van der Waals surface area (Å²) in [7, 11) is 1.29. The van der Waals surface area contributed by atoms with E-state index in [9.17, 15) is 4.79 Å². The number of carbonyl (C=O) groups is 1. The predicted molar refractivity (Wildman–Crippen MR) is 63.7 cm³/mol. The highest BCUT2D eigenvalue weighted by atomic mass is 127. The molecule has 0 N–H and O–H groups in total. The summed E-state index contributed by atoms with van der Waals surface area (Å²) >= 11 is 5.91. The topological polar surface area (TPSA) is 41.9 Å². The summed E-state index contributed by atoms with van der Waals surface area (Å²) < 4.78 is 6.54. The van der Waals surface area contributed by atoms with Crippen LogP contribution in [0.25, 0.3) is 0 Å². The molecule has 0 rings (SSSR count). The lowest BCUT2D eigenvalue weighted by molar-refractivity contribution is 0.182. The molecule has 0 aliphatic heterocycles. The number of carbonyl (C=O) groups excluding carboxylic acids is 1. The Bertz CT molecular complexity index is 158. The van der Waals surface area contributed by atoms with Gasteiger partial charge in [-0.15, -0.1) is 0 Å². The second kappa shape index (κ2) is 5.74. The van der Waals surface area contributed by atoms with E-state index in [1.54, 1.807) is 1.33 Å². The van der Waals surface area contributed by atoms with Crippen molar-refractivity contribution >= 4 is 78.3 Å². The third kappa shape index (κ3) is 4.87. The Morgan fingerprint density at radius 3 is 2.40 bits per heavy atom. The van der Waals surface area contributed by atoms with Crippen molar-refractivity contribution < 1.29 is 9.53 Å². The second-order valence-electron chi connectivity index (χ2n) is 1.08. The van der Waals surface area contributed by atoms with Gasteiger partial charge in [-0.05, 0) is 0 Å². The van der Waals surface area contributed by atoms with Crippen molar-refractivity contribution in [2.24, 2.45) is 4.99 Å². The average Bonchev–Trinajstić information content (AvgIpc) is 1.87. The predicted octanol–water partition coefficient (Wildman–Crippen LogP) is 2.55. The van der Waals surface area contributed by atoms with E-state index in [1.807, 2.05) is 68.3 Å². The molecule has 0 aliphatic rings. The summed E-state index contributed by atoms with van der Waals surface area (Å²) in [5, 5.41) is 0. The van der Waals surface area contributed by atoms with Crippen molar-refractivity contribution in [2.75, 3.05) is 7.11 Å². The van der Waals surface area contributed by atoms with Crippen molar-refractivity contribution in [2.45, 2.75) is 0 Å². The molecule has 0 fully saturated rings. The first-order chi connectivity index (χ1) is 4.57. The molecule has 0 bridgehead atoms. The fourth-order valence-corrected chi connectivity index (χ4v) is 0.571. The van der Waals surface area contributed by atoms with Crippen molar-refractivity contribution in [3.63, 3.8) is 0 Å². The third-order valence-corrected chi connectivity index (χ3v) is 3.98. The van der Waals surface area contributed by atoms with Gasteiger partial charge < -0.3 is 4.74 Å². The van der Waals surface area contributed by atoms with Gasteiger partial charge in [-0.3, -0.25) is 0 Å². The number of nitrogens with zero attached hydrogens (tertiary/aromatic N) is 2. The van der Waals surface area contributed by atoms with Crippen LogP contribution >= 0.6 is 68.3 Å². The van der Waals surface area contributed by atoms with Crippen LogP contribution in [0.1, 0.15) is 0 Å². The van der Waals surface area contributed by atoms with Crippen LogP contribution in [0, 0.1) is 0 Å². The monoisotopic (exact) mass is 480 g/mol. The molecule has 0 saturated carbocycles. The molecule has 4 nitrogen and oxygen atoms in total. The molecule has 10 heavy (non-hydrogen) atoms. The number of ether oxygens (including phenoxy) is 1. The molecule has 0 atom stereocenters. The van der Waals surface area contributed by atoms with Crippen molar-refractivity contribution in [1.29, 1.82) is 0 Å². The van der Waals surface area contributed by atoms with E-state index in [0.717, 1.165) is 0 Å². The normalized spacial score (nSPS) is 11.0. The number of aliphatic imine (C=N–C) groups is 1. The maximum absolute atomic E-state index is 10.5. The number of hydrogen-bond acceptors (Lipinski definition) is 2. The minimum absolute atomic E-state index is 0.575. The Morgan fingerprint density at radius 2 is 2.10 bits per heavy atom. The first-order valence-corrected chi connectivity index (χ1v) is 5.02. The van der Waals surface area contributed by atoms with Gasteiger partial charge in [-0.2, -0.15) is 4.99 Å². The van der Waals surface area contributed by atoms with Gasteiger partial charge in [-0.1, -0.05) is 0 Å². The van der Waals surface area contributed by atoms with Gasteiger partial charge in [0.2, 0.25) is 0 Å². The van der Waals surface area contributed by atoms with Crippen molar-refractivity contribution in [3.05, 3.63) is 0 Å². The minimum atomic E-state index is -0.581. The zero-order valence-electron chi connectivity index (χ0n) is 4.84. The quantitative estimate of drug-likeness (QED) is 0.176. The molecule has 0 aromatic heterocycles. The molecule has 1 amide bonds. The maximum Gasteiger partial charge on any atom is 0.435 e. The van der Waals surface area contributed by atoms with Crippen LogP contribution in [0.15, 0.2) is 4.99 Å². The molecule has 0 heterocycles. The molecule has 7 heteroatoms. The number of halogens is 3. The van der Waals surface area contributed by atoms with Gasteiger partial charge in [0.25, 0.3) is 0 Å². The lowest BCUT2D eigenvalue weighted by Gasteiger charge is -2.01. The number of amidine groups is 1. The van der Waals surface area contributed by atoms with E-state index >= 15 is 0 Å². The summed E-state index contributed by atoms with van der Waals surface area (Å²) in [5.41, 5.74) is 0. The highest BCUT2D eigenvalue weighted by Gasteiger charge is 2.02. The van der Waals surface area contributed by atoms with E-state index in [2.05, 4.69) is 9.73 Å². The van der Waals surface area contributed by atoms with Crippen LogP contribution in [-0.2, 0) is 4.74 Å². The summed E-state index contributed by atoms with van der Waals surface area (Å²) in [5.74, 6) is 0. The van der Waals surface area contributed by atoms with E-state index in [-0.39, 0.29) is 0 Å². The van der Waals surface area contributed by atoms with Crippen LogP contribution in [0.2, 0.25) is 0 Å². The molecule has 0 spiro atoms. The zero-order valence-corrected chi connectivity index (χ0v) is 11.3. The Kier molecular flexibility index (Phi) is 6.39. The lowest BCUT2D eigenvalue weighted by Crippen LogP contribution is -2.04. The second-order valence-corrected chi connectivity index (χ2v) is 5.82. The third-order valence-electron chi connectivity index (χ3n) is 0.498. The molecular weight excluding hydrogens is 477 g/mol. The fourth-order valence-electron chi connectivity index (χ4n) is 0.159. The highest BCUT2D eigenvalue weighted by molar-refractivity contribution is 14.2. The van der Waals surface area contributed by atoms with Crippen LogP contribution in [-0.4, -0.2) is 18.4 Å². The Balaban J connectivity index is 4.03. The average molecular weight is 480 g/mol. The minimum Gasteiger partial charge on any atom is -0.451 e. The SMILES string of the molecule is COC(=O)N=C(I)N(I)I. The summed E-state index contributed by atoms with van der Waals surface area (Å²) in [6.45, 7) is 0. The van der Waals surface area contributed by atoms with Crippen LogP contribution in [0.5, 0.6) is 0 Å². The van der Waals surface area contributed by atoms with Gasteiger partial charge in [-0.25, -0.2) is 6.12 Å².